The predicted molar refractivity (Wildman–Crippen MR) is 120 cm³/mol. The monoisotopic (exact) mass is 438 g/mol. The Kier molecular flexibility index (Phi) is 18.0. The van der Waals surface area contributed by atoms with Crippen molar-refractivity contribution < 1.29 is 19.2 Å². The summed E-state index contributed by atoms with van der Waals surface area (Å²) in [5.74, 6) is 0.556. The van der Waals surface area contributed by atoms with Gasteiger partial charge in [-0.15, -0.1) is 30.4 Å². The van der Waals surface area contributed by atoms with E-state index in [2.05, 4.69) is 74.5 Å². The Balaban J connectivity index is -0.000000360. The van der Waals surface area contributed by atoms with Gasteiger partial charge in [0.1, 0.15) is 0 Å². The summed E-state index contributed by atoms with van der Waals surface area (Å²) in [5.41, 5.74) is 6.78. The number of hydrogen-bond donors (Lipinski definition) is 0. The summed E-state index contributed by atoms with van der Waals surface area (Å²) >= 11 is 2.03. The van der Waals surface area contributed by atoms with E-state index in [-0.39, 0.29) is 39.7 Å². The largest absolute Gasteiger partial charge is 0.179 e. The molecule has 0 bridgehead atoms. The van der Waals surface area contributed by atoms with Gasteiger partial charge in [-0.1, -0.05) is 55.2 Å². The van der Waals surface area contributed by atoms with Crippen molar-refractivity contribution in [1.82, 2.24) is 0 Å². The Hall–Kier alpha value is -0.569. The molecule has 0 nitrogen and oxygen atoms in total. The predicted octanol–water partition coefficient (Wildman–Crippen LogP) is 5.83. The van der Waals surface area contributed by atoms with Crippen molar-refractivity contribution in [3.63, 3.8) is 0 Å². The second kappa shape index (κ2) is 15.5. The zero-order valence-corrected chi connectivity index (χ0v) is 20.6. The molecule has 1 unspecified atom stereocenters. The van der Waals surface area contributed by atoms with Crippen molar-refractivity contribution in [3.8, 4) is 11.1 Å². The van der Waals surface area contributed by atoms with Crippen LogP contribution < -0.4 is 0 Å². The molecule has 2 aliphatic carbocycles. The smallest absolute Gasteiger partial charge is 0.0253 e. The Labute approximate surface area is 186 Å². The average Bonchev–Trinajstić information content (AvgIpc) is 3.12. The van der Waals surface area contributed by atoms with E-state index in [4.69, 9.17) is 0 Å². The molecule has 0 saturated heterocycles. The van der Waals surface area contributed by atoms with E-state index in [9.17, 15) is 0 Å². The van der Waals surface area contributed by atoms with Gasteiger partial charge in [-0.2, -0.15) is 35.9 Å². The van der Waals surface area contributed by atoms with Gasteiger partial charge in [0.05, 0.1) is 0 Å². The minimum Gasteiger partial charge on any atom is -0.179 e. The summed E-state index contributed by atoms with van der Waals surface area (Å²) in [6.07, 6.45) is 8.52. The van der Waals surface area contributed by atoms with E-state index in [0.29, 0.717) is 5.92 Å². The first-order valence-corrected chi connectivity index (χ1v) is 11.5. The summed E-state index contributed by atoms with van der Waals surface area (Å²) in [6, 6.07) is 18.1. The topological polar surface area (TPSA) is 0 Å². The molecule has 0 fully saturated rings. The molecule has 0 radical (unpaired) electrons. The van der Waals surface area contributed by atoms with Crippen LogP contribution in [-0.2, 0) is 25.6 Å². The minimum atomic E-state index is 0. The maximum Gasteiger partial charge on any atom is -0.0253 e. The molecule has 0 heterocycles. The van der Waals surface area contributed by atoms with Crippen molar-refractivity contribution in [2.45, 2.75) is 20.3 Å². The van der Waals surface area contributed by atoms with Crippen LogP contribution in [-0.4, -0.2) is 7.63 Å². The molecule has 26 heavy (non-hydrogen) atoms. The van der Waals surface area contributed by atoms with Crippen LogP contribution in [0.15, 0.2) is 60.2 Å². The third-order valence-corrected chi connectivity index (χ3v) is 3.71. The molecule has 2 aliphatic rings. The van der Waals surface area contributed by atoms with E-state index in [1.807, 2.05) is 32.9 Å². The fourth-order valence-corrected chi connectivity index (χ4v) is 2.74. The molecule has 0 aromatic heterocycles. The van der Waals surface area contributed by atoms with Crippen LogP contribution in [0, 0.1) is 32.9 Å². The summed E-state index contributed by atoms with van der Waals surface area (Å²) in [4.78, 5) is 0. The van der Waals surface area contributed by atoms with Crippen LogP contribution in [0.2, 0.25) is 0 Å². The number of halogens is 2. The zero-order valence-electron chi connectivity index (χ0n) is 16.0. The van der Waals surface area contributed by atoms with Gasteiger partial charge in [0.25, 0.3) is 0 Å². The van der Waals surface area contributed by atoms with Crippen molar-refractivity contribution in [2.75, 3.05) is 0 Å². The first kappa shape index (κ1) is 30.2. The van der Waals surface area contributed by atoms with E-state index >= 15 is 0 Å². The third kappa shape index (κ3) is 7.98. The molecular weight excluding hydrogens is 411 g/mol. The van der Waals surface area contributed by atoms with E-state index in [0.717, 1.165) is 6.42 Å². The number of allylic oxidation sites excluding steroid dienone is 4. The van der Waals surface area contributed by atoms with E-state index in [1.54, 1.807) is 0 Å². The Bertz CT molecular complexity index is 667. The fourth-order valence-electron chi connectivity index (χ4n) is 2.74. The van der Waals surface area contributed by atoms with Gasteiger partial charge in [0.2, 0.25) is 0 Å². The standard InChI is InChI=1S/C13H9.C7H9.2CH3.2ClH.H2Si.Ti/c1-3-7-12-10(5-1)9-11-6-2-4-8-13(11)12;1-6-3-4-7(2)5-6;;;;;;/h1-5,7-8H,9H2;3-4,6H,1-2H3;2*1H3;2*1H;1H2;/q4*-1;;;;. The van der Waals surface area contributed by atoms with Crippen LogP contribution >= 0.6 is 24.8 Å². The van der Waals surface area contributed by atoms with Crippen LogP contribution in [0.1, 0.15) is 25.0 Å². The normalized spacial score (nSPS) is 13.9. The van der Waals surface area contributed by atoms with E-state index in [1.165, 1.54) is 27.8 Å². The average molecular weight is 439 g/mol. The number of hydrogen-bond acceptors (Lipinski definition) is 0. The third-order valence-electron chi connectivity index (χ3n) is 3.71. The zero-order chi connectivity index (χ0) is 15.9. The molecule has 0 amide bonds. The molecule has 1 atom stereocenters. The summed E-state index contributed by atoms with van der Waals surface area (Å²) in [7, 11) is 1.86. The quantitative estimate of drug-likeness (QED) is 0.306. The molecular formula is C22H28Cl2SiTi-4. The summed E-state index contributed by atoms with van der Waals surface area (Å²) in [6.45, 7) is 4.20. The second-order valence-electron chi connectivity index (χ2n) is 5.37. The molecule has 142 valence electrons. The minimum absolute atomic E-state index is 0. The SMILES string of the molecule is CC1=[C-]C(C)C=C1.Cl.Cl.[CH3-].[CH3-].[SiH2]=[Ti].[c-]1cccc2c1Cc1ccccc1-2. The first-order valence-electron chi connectivity index (χ1n) is 7.45. The van der Waals surface area contributed by atoms with Crippen LogP contribution in [0.5, 0.6) is 0 Å². The second-order valence-corrected chi connectivity index (χ2v) is 5.37. The van der Waals surface area contributed by atoms with Gasteiger partial charge in [-0.25, -0.2) is 11.6 Å². The van der Waals surface area contributed by atoms with Crippen molar-refractivity contribution in [1.29, 1.82) is 0 Å². The Morgan fingerprint density at radius 3 is 2.15 bits per heavy atom. The summed E-state index contributed by atoms with van der Waals surface area (Å²) in [5, 5.41) is 0. The number of rotatable bonds is 0. The van der Waals surface area contributed by atoms with Crippen LogP contribution in [0.25, 0.3) is 11.1 Å². The molecule has 2 aromatic carbocycles. The number of benzene rings is 2. The molecule has 4 rings (SSSR count). The van der Waals surface area contributed by atoms with Gasteiger partial charge >= 0.3 is 26.8 Å². The molecule has 0 aliphatic heterocycles. The molecule has 0 N–H and O–H groups in total. The van der Waals surface area contributed by atoms with Gasteiger partial charge < -0.3 is 14.9 Å². The Morgan fingerprint density at radius 2 is 1.62 bits per heavy atom. The van der Waals surface area contributed by atoms with Gasteiger partial charge in [0, 0.05) is 0 Å². The molecule has 4 heteroatoms. The van der Waals surface area contributed by atoms with Crippen LogP contribution in [0.3, 0.4) is 0 Å². The first-order chi connectivity index (χ1) is 10.7. The maximum absolute atomic E-state index is 3.30. The van der Waals surface area contributed by atoms with E-state index < -0.39 is 0 Å². The van der Waals surface area contributed by atoms with Gasteiger partial charge in [0.15, 0.2) is 0 Å². The fraction of sp³-hybridized carbons (Fsp3) is 0.182. The Morgan fingerprint density at radius 1 is 1.00 bits per heavy atom. The molecule has 2 aromatic rings. The van der Waals surface area contributed by atoms with Crippen molar-refractivity contribution in [2.24, 2.45) is 5.92 Å². The van der Waals surface area contributed by atoms with Gasteiger partial charge in [-0.05, 0) is 6.42 Å². The maximum atomic E-state index is 3.30. The van der Waals surface area contributed by atoms with Crippen LogP contribution in [0.4, 0.5) is 0 Å². The van der Waals surface area contributed by atoms with Crippen molar-refractivity contribution in [3.05, 3.63) is 98.3 Å². The molecule has 0 spiro atoms. The molecule has 0 saturated carbocycles. The van der Waals surface area contributed by atoms with Crippen molar-refractivity contribution >= 4 is 32.4 Å². The summed E-state index contributed by atoms with van der Waals surface area (Å²) < 4.78 is 0. The number of fused-ring (bicyclic) bond motifs is 3. The van der Waals surface area contributed by atoms with Gasteiger partial charge in [-0.3, -0.25) is 6.08 Å².